The molecular weight excluding hydrogens is 502 g/mol. The number of aliphatic hydroxyl groups is 4. The molecule has 3 saturated carbocycles. The van der Waals surface area contributed by atoms with Gasteiger partial charge in [0.05, 0.1) is 57.5 Å². The number of ketones is 1. The number of fused-ring (bicyclic) bond motifs is 5. The largest absolute Gasteiger partial charge is 0.449 e. The number of hydrogen-bond donors (Lipinski definition) is 4. The fraction of sp³-hybridized carbons (Fsp3) is 0.733. The molecule has 5 rings (SSSR count). The number of hydrogen-bond acceptors (Lipinski definition) is 8. The summed E-state index contributed by atoms with van der Waals surface area (Å²) in [7, 11) is 5.60. The number of quaternary nitrogens is 1. The molecule has 1 aliphatic heterocycles. The Morgan fingerprint density at radius 1 is 1.08 bits per heavy atom. The van der Waals surface area contributed by atoms with Crippen molar-refractivity contribution in [2.24, 2.45) is 28.6 Å². The monoisotopic (exact) mass is 546 g/mol. The van der Waals surface area contributed by atoms with E-state index < -0.39 is 76.1 Å². The zero-order valence-electron chi connectivity index (χ0n) is 24.0. The van der Waals surface area contributed by atoms with Gasteiger partial charge in [0.25, 0.3) is 0 Å². The zero-order valence-corrected chi connectivity index (χ0v) is 24.0. The van der Waals surface area contributed by atoms with Crippen molar-refractivity contribution >= 4 is 11.8 Å². The Bertz CT molecular complexity index is 1150. The summed E-state index contributed by atoms with van der Waals surface area (Å²) in [5, 5.41) is 47.9. The van der Waals surface area contributed by atoms with Crippen LogP contribution in [0.4, 0.5) is 0 Å². The lowest BCUT2D eigenvalue weighted by Crippen LogP contribution is -2.90. The Morgan fingerprint density at radius 2 is 1.69 bits per heavy atom. The molecule has 1 saturated heterocycles. The highest BCUT2D eigenvalue weighted by Crippen LogP contribution is 2.67. The maximum Gasteiger partial charge on any atom is 0.338 e. The predicted octanol–water partition coefficient (Wildman–Crippen LogP) is 1.16. The number of ether oxygens (including phenoxy) is 2. The van der Waals surface area contributed by atoms with Crippen molar-refractivity contribution in [3.8, 4) is 0 Å². The molecule has 0 amide bonds. The molecule has 3 aliphatic carbocycles. The number of rotatable bonds is 3. The van der Waals surface area contributed by atoms with Gasteiger partial charge in [-0.15, -0.1) is 0 Å². The number of carbonyl (C=O) groups excluding carboxylic acids is 2. The normalized spacial score (nSPS) is 47.1. The van der Waals surface area contributed by atoms with Gasteiger partial charge in [0, 0.05) is 24.2 Å². The van der Waals surface area contributed by atoms with Gasteiger partial charge < -0.3 is 34.4 Å². The van der Waals surface area contributed by atoms with Gasteiger partial charge in [-0.05, 0) is 25.0 Å². The molecule has 4 fully saturated rings. The van der Waals surface area contributed by atoms with Gasteiger partial charge >= 0.3 is 5.97 Å². The molecule has 9 heteroatoms. The van der Waals surface area contributed by atoms with Gasteiger partial charge in [-0.1, -0.05) is 39.0 Å². The first kappa shape index (κ1) is 28.6. The van der Waals surface area contributed by atoms with E-state index in [0.29, 0.717) is 0 Å². The van der Waals surface area contributed by atoms with Crippen LogP contribution >= 0.6 is 0 Å². The van der Waals surface area contributed by atoms with Crippen LogP contribution < -0.4 is 0 Å². The van der Waals surface area contributed by atoms with E-state index >= 15 is 0 Å². The molecule has 216 valence electrons. The van der Waals surface area contributed by atoms with Crippen molar-refractivity contribution in [2.75, 3.05) is 27.7 Å². The molecule has 4 N–H and O–H groups in total. The lowest BCUT2D eigenvalue weighted by atomic mass is 9.39. The first-order chi connectivity index (χ1) is 18.0. The van der Waals surface area contributed by atoms with E-state index in [1.807, 2.05) is 21.1 Å². The van der Waals surface area contributed by atoms with Crippen LogP contribution in [-0.2, 0) is 14.3 Å². The molecule has 11 unspecified atom stereocenters. The number of Topliss-reactive ketones (excluding diaryl/α,β-unsaturated/α-hetero) is 1. The maximum absolute atomic E-state index is 14.7. The Morgan fingerprint density at radius 3 is 2.23 bits per heavy atom. The average molecular weight is 547 g/mol. The van der Waals surface area contributed by atoms with Crippen LogP contribution in [0.5, 0.6) is 0 Å². The molecule has 0 aromatic heterocycles. The van der Waals surface area contributed by atoms with E-state index in [1.54, 1.807) is 58.0 Å². The van der Waals surface area contributed by atoms with E-state index in [2.05, 4.69) is 0 Å². The fourth-order valence-electron chi connectivity index (χ4n) is 9.30. The standard InChI is InChI=1S/C30H44NO8/c1-16-19(32)14-29(37)26(39-25(36)17-11-9-8-10-12-17)30(31(5,6)7)18-15-38-20(18)13-21(33)28(30,4)24(35)23(34)22(16)27(29,2)3/h8-12,16,18-23,26,32-34,37H,13-15H2,1-7H3/q+1. The van der Waals surface area contributed by atoms with Gasteiger partial charge in [-0.2, -0.15) is 0 Å². The van der Waals surface area contributed by atoms with E-state index in [9.17, 15) is 30.0 Å². The van der Waals surface area contributed by atoms with Gasteiger partial charge in [0.2, 0.25) is 0 Å². The van der Waals surface area contributed by atoms with Crippen LogP contribution in [-0.4, -0.2) is 106 Å². The highest BCUT2D eigenvalue weighted by molar-refractivity contribution is 5.92. The lowest BCUT2D eigenvalue weighted by molar-refractivity contribution is -0.947. The Kier molecular flexibility index (Phi) is 6.47. The molecule has 4 aliphatic rings. The summed E-state index contributed by atoms with van der Waals surface area (Å²) in [5.74, 6) is -3.01. The third-order valence-electron chi connectivity index (χ3n) is 11.4. The molecule has 1 aromatic rings. The minimum absolute atomic E-state index is 0.0327. The minimum atomic E-state index is -1.88. The fourth-order valence-corrected chi connectivity index (χ4v) is 9.30. The second-order valence-electron chi connectivity index (χ2n) is 14.0. The molecule has 0 spiro atoms. The molecule has 2 bridgehead atoms. The smallest absolute Gasteiger partial charge is 0.338 e. The minimum Gasteiger partial charge on any atom is -0.449 e. The molecule has 11 atom stereocenters. The van der Waals surface area contributed by atoms with E-state index in [1.165, 1.54) is 0 Å². The van der Waals surface area contributed by atoms with Gasteiger partial charge in [0.1, 0.15) is 17.1 Å². The third-order valence-corrected chi connectivity index (χ3v) is 11.4. The summed E-state index contributed by atoms with van der Waals surface area (Å²) < 4.78 is 12.4. The van der Waals surface area contributed by atoms with Crippen molar-refractivity contribution in [1.29, 1.82) is 0 Å². The molecule has 0 radical (unpaired) electrons. The molecular formula is C30H44NO8+. The van der Waals surface area contributed by atoms with E-state index in [-0.39, 0.29) is 35.4 Å². The summed E-state index contributed by atoms with van der Waals surface area (Å²) in [6.45, 7) is 7.22. The average Bonchev–Trinajstić information content (AvgIpc) is 2.84. The Hall–Kier alpha value is -1.88. The van der Waals surface area contributed by atoms with Crippen molar-refractivity contribution in [1.82, 2.24) is 0 Å². The Labute approximate surface area is 230 Å². The lowest BCUT2D eigenvalue weighted by Gasteiger charge is -2.73. The van der Waals surface area contributed by atoms with Crippen LogP contribution in [0.25, 0.3) is 0 Å². The van der Waals surface area contributed by atoms with Crippen LogP contribution in [0.1, 0.15) is 50.9 Å². The van der Waals surface area contributed by atoms with Gasteiger partial charge in [-0.25, -0.2) is 4.79 Å². The molecule has 9 nitrogen and oxygen atoms in total. The van der Waals surface area contributed by atoms with E-state index in [0.717, 1.165) is 0 Å². The maximum atomic E-state index is 14.7. The number of likely N-dealkylation sites (N-methyl/N-ethyl adjacent to an activating group) is 1. The van der Waals surface area contributed by atoms with Gasteiger partial charge in [-0.3, -0.25) is 4.79 Å². The second kappa shape index (κ2) is 8.81. The summed E-state index contributed by atoms with van der Waals surface area (Å²) in [5.41, 5.74) is -5.81. The van der Waals surface area contributed by atoms with E-state index in [4.69, 9.17) is 9.47 Å². The number of aliphatic hydroxyl groups excluding tert-OH is 3. The summed E-state index contributed by atoms with van der Waals surface area (Å²) in [6, 6.07) is 8.47. The van der Waals surface area contributed by atoms with Crippen molar-refractivity contribution in [2.45, 2.75) is 82.2 Å². The topological polar surface area (TPSA) is 134 Å². The zero-order chi connectivity index (χ0) is 28.9. The van der Waals surface area contributed by atoms with Crippen molar-refractivity contribution in [3.05, 3.63) is 35.9 Å². The highest BCUT2D eigenvalue weighted by Gasteiger charge is 2.84. The Balaban J connectivity index is 1.87. The SMILES string of the molecule is CC1C(O)CC2(O)C(OC(=O)c3ccccc3)C3([N+](C)(C)C)C4COC4CC(O)C3(C)C(=O)C(O)C1C2(C)C. The molecule has 1 aromatic carbocycles. The second-order valence-corrected chi connectivity index (χ2v) is 14.0. The van der Waals surface area contributed by atoms with Crippen LogP contribution in [0.2, 0.25) is 0 Å². The first-order valence-electron chi connectivity index (χ1n) is 14.0. The highest BCUT2D eigenvalue weighted by atomic mass is 16.6. The van der Waals surface area contributed by atoms with Crippen LogP contribution in [0.3, 0.4) is 0 Å². The first-order valence-corrected chi connectivity index (χ1v) is 14.0. The third kappa shape index (κ3) is 3.41. The van der Waals surface area contributed by atoms with Crippen LogP contribution in [0, 0.1) is 28.6 Å². The van der Waals surface area contributed by atoms with Crippen molar-refractivity contribution in [3.63, 3.8) is 0 Å². The van der Waals surface area contributed by atoms with Crippen LogP contribution in [0.15, 0.2) is 30.3 Å². The molecule has 1 heterocycles. The summed E-state index contributed by atoms with van der Waals surface area (Å²) >= 11 is 0. The molecule has 39 heavy (non-hydrogen) atoms. The summed E-state index contributed by atoms with van der Waals surface area (Å²) in [6.07, 6.45) is -5.58. The number of benzene rings is 1. The number of carbonyl (C=O) groups is 2. The number of esters is 1. The summed E-state index contributed by atoms with van der Waals surface area (Å²) in [4.78, 5) is 28.5. The number of nitrogens with zero attached hydrogens (tertiary/aromatic N) is 1. The van der Waals surface area contributed by atoms with Gasteiger partial charge in [0.15, 0.2) is 17.4 Å². The van der Waals surface area contributed by atoms with Crippen molar-refractivity contribution < 1.29 is 44.0 Å². The quantitative estimate of drug-likeness (QED) is 0.328. The predicted molar refractivity (Wildman–Crippen MR) is 141 cm³/mol.